The van der Waals surface area contributed by atoms with Gasteiger partial charge in [0.05, 0.1) is 4.90 Å². The number of rotatable bonds is 3. The van der Waals surface area contributed by atoms with E-state index >= 15 is 0 Å². The largest absolute Gasteiger partial charge is 1.00 e. The molecule has 203 valence electrons. The molecule has 16 heteroatoms. The van der Waals surface area contributed by atoms with E-state index in [4.69, 9.17) is 15.3 Å². The zero-order valence-corrected chi connectivity index (χ0v) is 35.7. The summed E-state index contributed by atoms with van der Waals surface area (Å²) in [4.78, 5) is 23.9. The van der Waals surface area contributed by atoms with Gasteiger partial charge in [0, 0.05) is 5.69 Å². The number of sulfonamides is 1. The average Bonchev–Trinajstić information content (AvgIpc) is 2.87. The summed E-state index contributed by atoms with van der Waals surface area (Å²) in [5.41, 5.74) is 7.54. The molecule has 0 amide bonds. The number of anilines is 1. The quantitative estimate of drug-likeness (QED) is 0.103. The van der Waals surface area contributed by atoms with E-state index in [1.807, 2.05) is 0 Å². The van der Waals surface area contributed by atoms with Crippen molar-refractivity contribution in [3.05, 3.63) is 91.5 Å². The van der Waals surface area contributed by atoms with Gasteiger partial charge in [0.2, 0.25) is 10.0 Å². The number of primary sulfonamides is 1. The van der Waals surface area contributed by atoms with E-state index in [1.54, 1.807) is 30.3 Å². The van der Waals surface area contributed by atoms with Crippen LogP contribution in [0, 0.1) is 0 Å². The van der Waals surface area contributed by atoms with Gasteiger partial charge in [-0.3, -0.25) is 0 Å². The van der Waals surface area contributed by atoms with E-state index in [-0.39, 0.29) is 118 Å². The van der Waals surface area contributed by atoms with Crippen LogP contribution >= 0.6 is 31.9 Å². The summed E-state index contributed by atoms with van der Waals surface area (Å²) in [6, 6.07) is 16.8. The topological polar surface area (TPSA) is 211 Å². The van der Waals surface area contributed by atoms with Crippen molar-refractivity contribution in [1.29, 1.82) is 0 Å². The number of nitrogen functional groups attached to an aromatic ring is 1. The van der Waals surface area contributed by atoms with Crippen molar-refractivity contribution in [2.75, 3.05) is 5.73 Å². The molecule has 42 heavy (non-hydrogen) atoms. The Morgan fingerprint density at radius 3 is 2.10 bits per heavy atom. The molecule has 3 aromatic carbocycles. The molecule has 10 nitrogen and oxygen atoms in total. The van der Waals surface area contributed by atoms with Crippen LogP contribution in [-0.2, 0) is 36.1 Å². The Kier molecular flexibility index (Phi) is 14.9. The van der Waals surface area contributed by atoms with Crippen LogP contribution in [-0.4, -0.2) is 19.9 Å². The Morgan fingerprint density at radius 1 is 0.929 bits per heavy atom. The Labute approximate surface area is 317 Å². The zero-order chi connectivity index (χ0) is 28.6. The van der Waals surface area contributed by atoms with Crippen molar-refractivity contribution in [1.82, 2.24) is 0 Å². The molecule has 2 aliphatic rings. The summed E-state index contributed by atoms with van der Waals surface area (Å²) in [7, 11) is -3.58. The maximum absolute atomic E-state index is 12.4. The smallest absolute Gasteiger partial charge is 1.00 e. The third kappa shape index (κ3) is 8.46. The molecule has 0 fully saturated rings. The van der Waals surface area contributed by atoms with Gasteiger partial charge in [-0.25, -0.2) is 13.6 Å². The fourth-order valence-corrected chi connectivity index (χ4v) is 7.96. The van der Waals surface area contributed by atoms with Gasteiger partial charge in [-0.05, 0) is 24.3 Å². The molecule has 0 atom stereocenters. The molecule has 0 aromatic heterocycles. The summed E-state index contributed by atoms with van der Waals surface area (Å²) in [6.07, 6.45) is 0. The number of aromatic carboxylic acids is 1. The van der Waals surface area contributed by atoms with Crippen molar-refractivity contribution in [3.8, 4) is 28.2 Å². The number of hydrogen-bond donors (Lipinski definition) is 2. The standard InChI is InChI=1S/C20H9Br2O5.C6H8N2O2S.Hg.2Na.H2O/c21-13-5-11-17(7-15(13)23)27-18-8-16(24)14(22)6-12(18)19(11)9-3-1-2-4-10(9)20(25)26;7-5-1-3-6(4-2-5)11(8,9)10;;;;/h1-7,24H,(H,25,26);1-4H,7H2,(H2,8,9,10);;;;1H2/q;;;2*+1;/p-2. The first-order chi connectivity index (χ1) is 18.3. The zero-order valence-electron chi connectivity index (χ0n) is 22.2. The summed E-state index contributed by atoms with van der Waals surface area (Å²) in [5.74, 6) is -1.18. The minimum Gasteiger partial charge on any atom is 1.00 e. The summed E-state index contributed by atoms with van der Waals surface area (Å²) in [6.45, 7) is 0. The van der Waals surface area contributed by atoms with Crippen LogP contribution < -0.4 is 88.7 Å². The first kappa shape index (κ1) is 39.2. The van der Waals surface area contributed by atoms with Gasteiger partial charge >= 0.3 is 252 Å². The SMILES string of the molecule is Nc1ccc(S(N)(=O)=O)cc1.O.O=C([O-])c1ccccc1-c1c2cc(Br)c(=O)cc-2oc2[c]([Hg])c([O-])c(Br)cc12.[Na+].[Na+]. The van der Waals surface area contributed by atoms with Gasteiger partial charge in [-0.1, -0.05) is 0 Å². The summed E-state index contributed by atoms with van der Waals surface area (Å²) in [5, 5.41) is 29.6. The van der Waals surface area contributed by atoms with Crippen molar-refractivity contribution >= 4 is 67.6 Å². The second kappa shape index (κ2) is 16.0. The number of carbonyl (C=O) groups excluding carboxylic acids is 1. The minimum atomic E-state index is -3.58. The molecule has 5 rings (SSSR count). The van der Waals surface area contributed by atoms with E-state index in [0.717, 1.165) is 0 Å². The molecular weight excluding hydrogens is 907 g/mol. The number of hydrogen-bond acceptors (Lipinski definition) is 8. The first-order valence-electron chi connectivity index (χ1n) is 10.9. The molecule has 3 aromatic rings. The van der Waals surface area contributed by atoms with E-state index in [0.29, 0.717) is 45.4 Å². The maximum Gasteiger partial charge on any atom is 1.00 e. The van der Waals surface area contributed by atoms with Crippen molar-refractivity contribution in [2.45, 2.75) is 4.90 Å². The van der Waals surface area contributed by atoms with Crippen molar-refractivity contribution in [2.24, 2.45) is 5.14 Å². The molecule has 0 saturated heterocycles. The van der Waals surface area contributed by atoms with E-state index in [1.165, 1.54) is 36.4 Å². The van der Waals surface area contributed by atoms with Crippen LogP contribution in [0.1, 0.15) is 10.4 Å². The van der Waals surface area contributed by atoms with Crippen LogP contribution in [0.2, 0.25) is 0 Å². The van der Waals surface area contributed by atoms with Gasteiger partial charge < -0.3 is 11.2 Å². The molecule has 0 bridgehead atoms. The number of carboxylic acids is 1. The normalized spacial score (nSPS) is 10.5. The number of benzene rings is 4. The van der Waals surface area contributed by atoms with E-state index < -0.39 is 16.0 Å². The number of fused-ring (bicyclic) bond motifs is 2. The predicted molar refractivity (Wildman–Crippen MR) is 149 cm³/mol. The predicted octanol–water partition coefficient (Wildman–Crippen LogP) is -4.20. The van der Waals surface area contributed by atoms with Gasteiger partial charge in [-0.2, -0.15) is 0 Å². The van der Waals surface area contributed by atoms with Gasteiger partial charge in [-0.15, -0.1) is 0 Å². The molecule has 1 aliphatic heterocycles. The van der Waals surface area contributed by atoms with Crippen LogP contribution in [0.3, 0.4) is 0 Å². The van der Waals surface area contributed by atoms with E-state index in [9.17, 15) is 28.2 Å². The minimum absolute atomic E-state index is 0. The third-order valence-electron chi connectivity index (χ3n) is 5.69. The van der Waals surface area contributed by atoms with E-state index in [2.05, 4.69) is 31.9 Å². The third-order valence-corrected chi connectivity index (χ3v) is 10.3. The summed E-state index contributed by atoms with van der Waals surface area (Å²) < 4.78 is 28.6. The molecular formula is C26H17Br2HgN2Na2O8S. The molecule has 0 unspecified atom stereocenters. The fraction of sp³-hybridized carbons (Fsp3) is 0. The van der Waals surface area contributed by atoms with Crippen LogP contribution in [0.15, 0.2) is 89.8 Å². The van der Waals surface area contributed by atoms with Crippen LogP contribution in [0.25, 0.3) is 33.4 Å². The summed E-state index contributed by atoms with van der Waals surface area (Å²) >= 11 is 6.47. The molecule has 1 heterocycles. The molecule has 0 radical (unpaired) electrons. The Bertz CT molecular complexity index is 1910. The van der Waals surface area contributed by atoms with Crippen LogP contribution in [0.4, 0.5) is 5.69 Å². The number of carbonyl (C=O) groups is 1. The first-order valence-corrected chi connectivity index (χ1v) is 16.8. The molecule has 0 spiro atoms. The maximum atomic E-state index is 12.4. The second-order valence-electron chi connectivity index (χ2n) is 8.25. The van der Waals surface area contributed by atoms with Crippen LogP contribution in [0.5, 0.6) is 5.75 Å². The second-order valence-corrected chi connectivity index (χ2v) is 14.3. The molecule has 6 N–H and O–H groups in total. The van der Waals surface area contributed by atoms with Crippen molar-refractivity contribution < 1.29 is 119 Å². The fourth-order valence-electron chi connectivity index (χ4n) is 3.87. The number of carboxylic acid groups (broad SMARTS) is 1. The Hall–Kier alpha value is -0.815. The van der Waals surface area contributed by atoms with Crippen molar-refractivity contribution in [3.63, 3.8) is 0 Å². The Balaban J connectivity index is 0.000000540. The van der Waals surface area contributed by atoms with Gasteiger partial charge in [0.25, 0.3) is 0 Å². The Morgan fingerprint density at radius 2 is 1.52 bits per heavy atom. The monoisotopic (exact) mass is 923 g/mol. The molecule has 1 aliphatic carbocycles. The van der Waals surface area contributed by atoms with Gasteiger partial charge in [0.15, 0.2) is 0 Å². The van der Waals surface area contributed by atoms with Gasteiger partial charge in [0.1, 0.15) is 0 Å². The average molecular weight is 924 g/mol. The molecule has 0 saturated carbocycles. The number of nitrogens with two attached hydrogens (primary N) is 2. The number of halogens is 2.